The molecule has 5 nitrogen and oxygen atoms in total. The molecule has 0 atom stereocenters. The third-order valence-electron chi connectivity index (χ3n) is 3.79. The van der Waals surface area contributed by atoms with Crippen molar-refractivity contribution < 1.29 is 17.9 Å². The van der Waals surface area contributed by atoms with E-state index < -0.39 is 10.0 Å². The Morgan fingerprint density at radius 1 is 1.24 bits per heavy atom. The third kappa shape index (κ3) is 4.98. The molecule has 21 heavy (non-hydrogen) atoms. The number of methoxy groups -OCH3 is 1. The minimum absolute atomic E-state index is 0.273. The molecule has 1 heterocycles. The molecule has 1 aromatic rings. The van der Waals surface area contributed by atoms with Crippen molar-refractivity contribution in [2.24, 2.45) is 5.92 Å². The minimum atomic E-state index is -3.42. The zero-order valence-corrected chi connectivity index (χ0v) is 13.2. The number of hydrogen-bond acceptors (Lipinski definition) is 4. The zero-order chi connectivity index (χ0) is 15.1. The lowest BCUT2D eigenvalue weighted by Crippen LogP contribution is -2.25. The fourth-order valence-corrected chi connectivity index (χ4v) is 3.54. The molecule has 1 saturated heterocycles. The second kappa shape index (κ2) is 7.77. The van der Waals surface area contributed by atoms with Gasteiger partial charge in [-0.15, -0.1) is 0 Å². The molecule has 0 unspecified atom stereocenters. The van der Waals surface area contributed by atoms with Gasteiger partial charge in [-0.2, -0.15) is 0 Å². The summed E-state index contributed by atoms with van der Waals surface area (Å²) in [5.74, 6) is 1.32. The van der Waals surface area contributed by atoms with Gasteiger partial charge in [-0.05, 0) is 55.9 Å². The van der Waals surface area contributed by atoms with Crippen LogP contribution in [0.25, 0.3) is 0 Å². The first-order chi connectivity index (χ1) is 10.1. The minimum Gasteiger partial charge on any atom is -0.497 e. The van der Waals surface area contributed by atoms with E-state index in [9.17, 15) is 8.42 Å². The Labute approximate surface area is 126 Å². The first-order valence-electron chi connectivity index (χ1n) is 7.33. The van der Waals surface area contributed by atoms with Gasteiger partial charge in [0, 0.05) is 19.8 Å². The van der Waals surface area contributed by atoms with Crippen LogP contribution in [0.3, 0.4) is 0 Å². The summed E-state index contributed by atoms with van der Waals surface area (Å²) in [6.07, 6.45) is 4.09. The van der Waals surface area contributed by atoms with Crippen LogP contribution in [-0.2, 0) is 14.8 Å². The van der Waals surface area contributed by atoms with Crippen LogP contribution >= 0.6 is 0 Å². The highest BCUT2D eigenvalue weighted by atomic mass is 32.2. The van der Waals surface area contributed by atoms with E-state index in [1.165, 1.54) is 0 Å². The standard InChI is InChI=1S/C15H23NO4S/c1-19-14-4-6-15(7-5-14)21(17,18)16-10-2-3-13-8-11-20-12-9-13/h4-7,13,16H,2-3,8-12H2,1H3. The molecule has 1 aliphatic heterocycles. The van der Waals surface area contributed by atoms with Crippen LogP contribution in [0.4, 0.5) is 0 Å². The summed E-state index contributed by atoms with van der Waals surface area (Å²) in [5.41, 5.74) is 0. The molecule has 1 aromatic carbocycles. The van der Waals surface area contributed by atoms with Gasteiger partial charge in [0.05, 0.1) is 12.0 Å². The Kier molecular flexibility index (Phi) is 6.02. The molecule has 0 aliphatic carbocycles. The first-order valence-corrected chi connectivity index (χ1v) is 8.81. The van der Waals surface area contributed by atoms with Crippen molar-refractivity contribution in [3.63, 3.8) is 0 Å². The van der Waals surface area contributed by atoms with Gasteiger partial charge in [0.15, 0.2) is 0 Å². The van der Waals surface area contributed by atoms with Gasteiger partial charge in [0.25, 0.3) is 0 Å². The topological polar surface area (TPSA) is 64.6 Å². The summed E-state index contributed by atoms with van der Waals surface area (Å²) < 4.78 is 37.2. The van der Waals surface area contributed by atoms with E-state index in [4.69, 9.17) is 9.47 Å². The van der Waals surface area contributed by atoms with Gasteiger partial charge in [-0.1, -0.05) is 0 Å². The highest BCUT2D eigenvalue weighted by Crippen LogP contribution is 2.20. The van der Waals surface area contributed by atoms with E-state index in [2.05, 4.69) is 4.72 Å². The van der Waals surface area contributed by atoms with Gasteiger partial charge in [0.2, 0.25) is 10.0 Å². The van der Waals surface area contributed by atoms with Crippen LogP contribution in [-0.4, -0.2) is 35.3 Å². The molecule has 1 fully saturated rings. The highest BCUT2D eigenvalue weighted by Gasteiger charge is 2.15. The Hall–Kier alpha value is -1.11. The molecule has 0 saturated carbocycles. The summed E-state index contributed by atoms with van der Waals surface area (Å²) in [6.45, 7) is 2.15. The molecule has 6 heteroatoms. The van der Waals surface area contributed by atoms with Gasteiger partial charge >= 0.3 is 0 Å². The van der Waals surface area contributed by atoms with Crippen LogP contribution in [0.2, 0.25) is 0 Å². The monoisotopic (exact) mass is 313 g/mol. The third-order valence-corrected chi connectivity index (χ3v) is 5.27. The quantitative estimate of drug-likeness (QED) is 0.784. The number of sulfonamides is 1. The van der Waals surface area contributed by atoms with Gasteiger partial charge < -0.3 is 9.47 Å². The van der Waals surface area contributed by atoms with Crippen LogP contribution < -0.4 is 9.46 Å². The molecule has 0 spiro atoms. The van der Waals surface area contributed by atoms with Crippen molar-refractivity contribution in [1.82, 2.24) is 4.72 Å². The van der Waals surface area contributed by atoms with Crippen molar-refractivity contribution in [3.8, 4) is 5.75 Å². The van der Waals surface area contributed by atoms with E-state index >= 15 is 0 Å². The van der Waals surface area contributed by atoms with Gasteiger partial charge in [-0.3, -0.25) is 0 Å². The van der Waals surface area contributed by atoms with Crippen LogP contribution in [0.15, 0.2) is 29.2 Å². The second-order valence-corrected chi connectivity index (χ2v) is 7.04. The second-order valence-electron chi connectivity index (χ2n) is 5.27. The highest BCUT2D eigenvalue weighted by molar-refractivity contribution is 7.89. The Balaban J connectivity index is 1.77. The molecular formula is C15H23NO4S. The number of rotatable bonds is 7. The molecular weight excluding hydrogens is 290 g/mol. The Morgan fingerprint density at radius 2 is 1.90 bits per heavy atom. The number of ether oxygens (including phenoxy) is 2. The van der Waals surface area contributed by atoms with Gasteiger partial charge in [0.1, 0.15) is 5.75 Å². The summed E-state index contributed by atoms with van der Waals surface area (Å²) >= 11 is 0. The maximum atomic E-state index is 12.1. The van der Waals surface area contributed by atoms with Crippen LogP contribution in [0.5, 0.6) is 5.75 Å². The molecule has 0 amide bonds. The smallest absolute Gasteiger partial charge is 0.240 e. The van der Waals surface area contributed by atoms with E-state index in [1.807, 2.05) is 0 Å². The van der Waals surface area contributed by atoms with Crippen molar-refractivity contribution in [3.05, 3.63) is 24.3 Å². The van der Waals surface area contributed by atoms with Crippen molar-refractivity contribution >= 4 is 10.0 Å². The number of hydrogen-bond donors (Lipinski definition) is 1. The summed E-state index contributed by atoms with van der Waals surface area (Å²) in [6, 6.07) is 6.41. The van der Waals surface area contributed by atoms with Crippen molar-refractivity contribution in [2.75, 3.05) is 26.9 Å². The van der Waals surface area contributed by atoms with E-state index in [1.54, 1.807) is 31.4 Å². The lowest BCUT2D eigenvalue weighted by atomic mass is 9.95. The lowest BCUT2D eigenvalue weighted by molar-refractivity contribution is 0.0634. The normalized spacial score (nSPS) is 16.8. The van der Waals surface area contributed by atoms with E-state index in [-0.39, 0.29) is 4.90 Å². The molecule has 1 aliphatic rings. The molecule has 2 rings (SSSR count). The molecule has 0 bridgehead atoms. The Morgan fingerprint density at radius 3 is 2.52 bits per heavy atom. The van der Waals surface area contributed by atoms with Gasteiger partial charge in [-0.25, -0.2) is 13.1 Å². The summed E-state index contributed by atoms with van der Waals surface area (Å²) in [4.78, 5) is 0.273. The lowest BCUT2D eigenvalue weighted by Gasteiger charge is -2.21. The number of nitrogens with one attached hydrogen (secondary N) is 1. The van der Waals surface area contributed by atoms with E-state index in [0.29, 0.717) is 18.2 Å². The summed E-state index contributed by atoms with van der Waals surface area (Å²) in [7, 11) is -1.86. The average molecular weight is 313 g/mol. The predicted octanol–water partition coefficient (Wildman–Crippen LogP) is 2.18. The fraction of sp³-hybridized carbons (Fsp3) is 0.600. The van der Waals surface area contributed by atoms with Crippen molar-refractivity contribution in [1.29, 1.82) is 0 Å². The molecule has 0 aromatic heterocycles. The molecule has 1 N–H and O–H groups in total. The van der Waals surface area contributed by atoms with Crippen molar-refractivity contribution in [2.45, 2.75) is 30.6 Å². The maximum Gasteiger partial charge on any atom is 0.240 e. The van der Waals surface area contributed by atoms with E-state index in [0.717, 1.165) is 38.9 Å². The SMILES string of the molecule is COc1ccc(S(=O)(=O)NCCCC2CCOCC2)cc1. The van der Waals surface area contributed by atoms with Crippen LogP contribution in [0, 0.1) is 5.92 Å². The average Bonchev–Trinajstić information content (AvgIpc) is 2.53. The zero-order valence-electron chi connectivity index (χ0n) is 12.4. The molecule has 118 valence electrons. The van der Waals surface area contributed by atoms with Crippen LogP contribution in [0.1, 0.15) is 25.7 Å². The first kappa shape index (κ1) is 16.3. The Bertz CT molecular complexity index is 521. The molecule has 0 radical (unpaired) electrons. The predicted molar refractivity (Wildman–Crippen MR) is 81.0 cm³/mol. The number of benzene rings is 1. The maximum absolute atomic E-state index is 12.1. The fourth-order valence-electron chi connectivity index (χ4n) is 2.47. The summed E-state index contributed by atoms with van der Waals surface area (Å²) in [5, 5.41) is 0. The largest absolute Gasteiger partial charge is 0.497 e.